The Hall–Kier alpha value is -3.22. The van der Waals surface area contributed by atoms with Gasteiger partial charge in [0, 0.05) is 31.7 Å². The molecule has 3 aromatic rings. The van der Waals surface area contributed by atoms with Crippen LogP contribution in [-0.2, 0) is 0 Å². The van der Waals surface area contributed by atoms with Gasteiger partial charge in [0.2, 0.25) is 5.95 Å². The summed E-state index contributed by atoms with van der Waals surface area (Å²) in [4.78, 5) is 25.2. The van der Waals surface area contributed by atoms with Crippen LogP contribution in [0.3, 0.4) is 0 Å². The third kappa shape index (κ3) is 3.13. The van der Waals surface area contributed by atoms with Crippen LogP contribution >= 0.6 is 0 Å². The van der Waals surface area contributed by atoms with Crippen LogP contribution in [0.2, 0.25) is 0 Å². The number of para-hydroxylation sites is 2. The van der Waals surface area contributed by atoms with Crippen molar-refractivity contribution >= 4 is 22.9 Å². The molecule has 28 heavy (non-hydrogen) atoms. The number of ether oxygens (including phenoxy) is 2. The first-order valence-electron chi connectivity index (χ1n) is 9.66. The van der Waals surface area contributed by atoms with E-state index in [0.717, 1.165) is 43.0 Å². The first kappa shape index (κ1) is 16.9. The topological polar surface area (TPSA) is 70.7 Å². The minimum Gasteiger partial charge on any atom is -0.486 e. The summed E-state index contributed by atoms with van der Waals surface area (Å²) in [6, 6.07) is 13.5. The molecule has 1 saturated heterocycles. The van der Waals surface area contributed by atoms with Gasteiger partial charge in [-0.25, -0.2) is 4.98 Å². The van der Waals surface area contributed by atoms with Crippen LogP contribution in [0.5, 0.6) is 11.5 Å². The maximum absolute atomic E-state index is 13.0. The van der Waals surface area contributed by atoms with Crippen molar-refractivity contribution in [1.29, 1.82) is 0 Å². The summed E-state index contributed by atoms with van der Waals surface area (Å²) in [5.41, 5.74) is 2.64. The fourth-order valence-corrected chi connectivity index (χ4v) is 3.78. The number of benzene rings is 2. The summed E-state index contributed by atoms with van der Waals surface area (Å²) < 4.78 is 11.2. The number of fused-ring (bicyclic) bond motifs is 2. The molecular formula is C21H22N4O3. The number of carbonyl (C=O) groups excluding carboxylic acids is 1. The minimum absolute atomic E-state index is 0.0310. The van der Waals surface area contributed by atoms with Crippen molar-refractivity contribution in [2.75, 3.05) is 44.3 Å². The molecule has 0 spiro atoms. The predicted molar refractivity (Wildman–Crippen MR) is 106 cm³/mol. The van der Waals surface area contributed by atoms with Crippen molar-refractivity contribution < 1.29 is 14.3 Å². The van der Waals surface area contributed by atoms with Crippen LogP contribution in [0.4, 0.5) is 5.95 Å². The van der Waals surface area contributed by atoms with E-state index < -0.39 is 0 Å². The van der Waals surface area contributed by atoms with E-state index in [1.807, 2.05) is 41.3 Å². The number of hydrogen-bond acceptors (Lipinski definition) is 5. The van der Waals surface area contributed by atoms with Crippen molar-refractivity contribution in [2.24, 2.45) is 0 Å². The van der Waals surface area contributed by atoms with E-state index >= 15 is 0 Å². The molecule has 0 atom stereocenters. The first-order chi connectivity index (χ1) is 13.8. The number of carbonyl (C=O) groups is 1. The number of aromatic nitrogens is 2. The quantitative estimate of drug-likeness (QED) is 0.742. The molecule has 7 heteroatoms. The standard InChI is InChI=1S/C21H22N4O3/c26-20(15-6-7-18-19(14-15)28-13-12-27-18)24-8-3-9-25(11-10-24)21-22-16-4-1-2-5-17(16)23-21/h1-2,4-7,14H,3,8-13H2,(H,22,23). The van der Waals surface area contributed by atoms with E-state index in [-0.39, 0.29) is 5.91 Å². The third-order valence-corrected chi connectivity index (χ3v) is 5.25. The van der Waals surface area contributed by atoms with Crippen molar-refractivity contribution in [3.05, 3.63) is 48.0 Å². The van der Waals surface area contributed by atoms with E-state index in [9.17, 15) is 4.79 Å². The van der Waals surface area contributed by atoms with E-state index in [2.05, 4.69) is 9.88 Å². The van der Waals surface area contributed by atoms with Crippen molar-refractivity contribution in [3.63, 3.8) is 0 Å². The summed E-state index contributed by atoms with van der Waals surface area (Å²) in [5.74, 6) is 2.25. The summed E-state index contributed by atoms with van der Waals surface area (Å²) in [7, 11) is 0. The fraction of sp³-hybridized carbons (Fsp3) is 0.333. The highest BCUT2D eigenvalue weighted by Gasteiger charge is 2.23. The SMILES string of the molecule is O=C(c1ccc2c(c1)OCCO2)N1CCCN(c2nc3ccccc3[nH]2)CC1. The van der Waals surface area contributed by atoms with Gasteiger partial charge in [-0.15, -0.1) is 0 Å². The molecule has 3 heterocycles. The molecule has 0 aliphatic carbocycles. The average Bonchev–Trinajstić information content (AvgIpc) is 3.02. The van der Waals surface area contributed by atoms with Gasteiger partial charge in [0.05, 0.1) is 11.0 Å². The van der Waals surface area contributed by atoms with Gasteiger partial charge >= 0.3 is 0 Å². The summed E-state index contributed by atoms with van der Waals surface area (Å²) >= 11 is 0. The summed E-state index contributed by atoms with van der Waals surface area (Å²) in [5, 5.41) is 0. The maximum Gasteiger partial charge on any atom is 0.254 e. The molecule has 2 aliphatic rings. The monoisotopic (exact) mass is 378 g/mol. The molecule has 1 aromatic heterocycles. The van der Waals surface area contributed by atoms with E-state index in [0.29, 0.717) is 36.8 Å². The summed E-state index contributed by atoms with van der Waals surface area (Å²) in [6.45, 7) is 4.06. The average molecular weight is 378 g/mol. The largest absolute Gasteiger partial charge is 0.486 e. The molecule has 0 radical (unpaired) electrons. The number of H-pyrrole nitrogens is 1. The molecule has 0 bridgehead atoms. The second kappa shape index (κ2) is 7.07. The first-order valence-corrected chi connectivity index (χ1v) is 9.66. The van der Waals surface area contributed by atoms with Crippen LogP contribution in [-0.4, -0.2) is 60.2 Å². The Morgan fingerprint density at radius 1 is 0.964 bits per heavy atom. The number of rotatable bonds is 2. The lowest BCUT2D eigenvalue weighted by atomic mass is 10.1. The van der Waals surface area contributed by atoms with Gasteiger partial charge in [0.15, 0.2) is 11.5 Å². The molecule has 0 unspecified atom stereocenters. The number of imidazole rings is 1. The lowest BCUT2D eigenvalue weighted by Crippen LogP contribution is -2.35. The van der Waals surface area contributed by atoms with E-state index in [4.69, 9.17) is 14.5 Å². The zero-order valence-electron chi connectivity index (χ0n) is 15.6. The van der Waals surface area contributed by atoms with Gasteiger partial charge in [-0.1, -0.05) is 12.1 Å². The molecule has 1 fully saturated rings. The highest BCUT2D eigenvalue weighted by Crippen LogP contribution is 2.31. The van der Waals surface area contributed by atoms with Gasteiger partial charge in [0.1, 0.15) is 13.2 Å². The van der Waals surface area contributed by atoms with Crippen molar-refractivity contribution in [3.8, 4) is 11.5 Å². The second-order valence-electron chi connectivity index (χ2n) is 7.07. The number of amides is 1. The number of nitrogens with zero attached hydrogens (tertiary/aromatic N) is 3. The molecule has 2 aliphatic heterocycles. The summed E-state index contributed by atoms with van der Waals surface area (Å²) in [6.07, 6.45) is 0.896. The van der Waals surface area contributed by atoms with Crippen LogP contribution in [0.25, 0.3) is 11.0 Å². The molecular weight excluding hydrogens is 356 g/mol. The van der Waals surface area contributed by atoms with E-state index in [1.54, 1.807) is 6.07 Å². The van der Waals surface area contributed by atoms with Gasteiger partial charge in [-0.2, -0.15) is 0 Å². The smallest absolute Gasteiger partial charge is 0.254 e. The predicted octanol–water partition coefficient (Wildman–Crippen LogP) is 2.69. The Bertz CT molecular complexity index is 983. The molecule has 0 saturated carbocycles. The van der Waals surface area contributed by atoms with Gasteiger partial charge in [-0.05, 0) is 36.8 Å². The lowest BCUT2D eigenvalue weighted by molar-refractivity contribution is 0.0766. The Balaban J connectivity index is 1.30. The zero-order chi connectivity index (χ0) is 18.9. The molecule has 1 amide bonds. The van der Waals surface area contributed by atoms with Crippen molar-refractivity contribution in [2.45, 2.75) is 6.42 Å². The minimum atomic E-state index is 0.0310. The molecule has 144 valence electrons. The highest BCUT2D eigenvalue weighted by atomic mass is 16.6. The maximum atomic E-state index is 13.0. The Morgan fingerprint density at radius 2 is 1.82 bits per heavy atom. The Labute approximate surface area is 162 Å². The lowest BCUT2D eigenvalue weighted by Gasteiger charge is -2.23. The number of hydrogen-bond donors (Lipinski definition) is 1. The molecule has 2 aromatic carbocycles. The Kier molecular flexibility index (Phi) is 4.27. The van der Waals surface area contributed by atoms with Crippen LogP contribution in [0.1, 0.15) is 16.8 Å². The second-order valence-corrected chi connectivity index (χ2v) is 7.07. The number of aromatic amines is 1. The third-order valence-electron chi connectivity index (χ3n) is 5.25. The van der Waals surface area contributed by atoms with E-state index in [1.165, 1.54) is 0 Å². The van der Waals surface area contributed by atoms with Gasteiger partial charge < -0.3 is 24.3 Å². The van der Waals surface area contributed by atoms with Gasteiger partial charge in [0.25, 0.3) is 5.91 Å². The normalized spacial score (nSPS) is 16.9. The van der Waals surface area contributed by atoms with Gasteiger partial charge in [-0.3, -0.25) is 4.79 Å². The van der Waals surface area contributed by atoms with Crippen LogP contribution in [0.15, 0.2) is 42.5 Å². The molecule has 5 rings (SSSR count). The Morgan fingerprint density at radius 3 is 2.71 bits per heavy atom. The van der Waals surface area contributed by atoms with Crippen molar-refractivity contribution in [1.82, 2.24) is 14.9 Å². The number of anilines is 1. The molecule has 7 nitrogen and oxygen atoms in total. The highest BCUT2D eigenvalue weighted by molar-refractivity contribution is 5.95. The zero-order valence-corrected chi connectivity index (χ0v) is 15.6. The number of nitrogens with one attached hydrogen (secondary N) is 1. The van der Waals surface area contributed by atoms with Crippen LogP contribution < -0.4 is 14.4 Å². The van der Waals surface area contributed by atoms with Crippen LogP contribution in [0, 0.1) is 0 Å². The molecule has 1 N–H and O–H groups in total. The fourth-order valence-electron chi connectivity index (χ4n) is 3.78.